The molecule has 0 amide bonds. The maximum absolute atomic E-state index is 2.47. The van der Waals surface area contributed by atoms with E-state index in [-0.39, 0.29) is 0 Å². The molecule has 0 radical (unpaired) electrons. The zero-order valence-corrected chi connectivity index (χ0v) is 27.1. The molecule has 1 heterocycles. The fourth-order valence-corrected chi connectivity index (χ4v) is 8.29. The highest BCUT2D eigenvalue weighted by Gasteiger charge is 2.22. The first-order valence-corrected chi connectivity index (χ1v) is 17.2. The molecule has 0 spiro atoms. The van der Waals surface area contributed by atoms with Gasteiger partial charge in [0.2, 0.25) is 0 Å². The highest BCUT2D eigenvalue weighted by atomic mass is 32.1. The number of hydrogen-bond donors (Lipinski definition) is 0. The maximum atomic E-state index is 2.47. The van der Waals surface area contributed by atoms with Crippen LogP contribution in [-0.4, -0.2) is 0 Å². The van der Waals surface area contributed by atoms with Gasteiger partial charge in [0.05, 0.1) is 11.4 Å². The molecular formula is C46H31NS. The third-order valence-electron chi connectivity index (χ3n) is 9.27. The topological polar surface area (TPSA) is 3.24 Å². The molecule has 1 nitrogen and oxygen atoms in total. The van der Waals surface area contributed by atoms with E-state index in [0.29, 0.717) is 0 Å². The average Bonchev–Trinajstić information content (AvgIpc) is 3.56. The van der Waals surface area contributed by atoms with Crippen molar-refractivity contribution in [1.29, 1.82) is 0 Å². The fraction of sp³-hybridized carbons (Fsp3) is 0. The van der Waals surface area contributed by atoms with Crippen LogP contribution < -0.4 is 4.90 Å². The Labute approximate surface area is 284 Å². The number of thiophene rings is 1. The molecule has 0 aliphatic carbocycles. The molecule has 1 aromatic heterocycles. The summed E-state index contributed by atoms with van der Waals surface area (Å²) in [6.45, 7) is 0. The molecule has 0 unspecified atom stereocenters. The Balaban J connectivity index is 1.36. The van der Waals surface area contributed by atoms with Gasteiger partial charge in [0.1, 0.15) is 0 Å². The summed E-state index contributed by atoms with van der Waals surface area (Å²) in [4.78, 5) is 2.47. The lowest BCUT2D eigenvalue weighted by Gasteiger charge is -2.29. The highest BCUT2D eigenvalue weighted by molar-refractivity contribution is 7.26. The van der Waals surface area contributed by atoms with Crippen molar-refractivity contribution in [2.75, 3.05) is 4.90 Å². The Morgan fingerprint density at radius 1 is 0.354 bits per heavy atom. The molecule has 9 rings (SSSR count). The Bertz CT molecular complexity index is 2530. The van der Waals surface area contributed by atoms with Gasteiger partial charge in [-0.2, -0.15) is 0 Å². The van der Waals surface area contributed by atoms with Gasteiger partial charge in [-0.3, -0.25) is 0 Å². The second kappa shape index (κ2) is 12.0. The van der Waals surface area contributed by atoms with Crippen molar-refractivity contribution in [3.63, 3.8) is 0 Å². The first kappa shape index (κ1) is 28.3. The number of para-hydroxylation sites is 1. The van der Waals surface area contributed by atoms with Crippen LogP contribution in [0.5, 0.6) is 0 Å². The summed E-state index contributed by atoms with van der Waals surface area (Å²) < 4.78 is 2.63. The van der Waals surface area contributed by atoms with Crippen molar-refractivity contribution < 1.29 is 0 Å². The molecule has 0 aliphatic heterocycles. The van der Waals surface area contributed by atoms with Gasteiger partial charge in [0.25, 0.3) is 0 Å². The summed E-state index contributed by atoms with van der Waals surface area (Å²) >= 11 is 1.89. The second-order valence-electron chi connectivity index (χ2n) is 12.1. The molecule has 0 bridgehead atoms. The van der Waals surface area contributed by atoms with E-state index in [1.807, 2.05) is 11.3 Å². The van der Waals surface area contributed by atoms with Crippen molar-refractivity contribution in [3.05, 3.63) is 188 Å². The van der Waals surface area contributed by atoms with E-state index in [1.165, 1.54) is 64.3 Å². The zero-order chi connectivity index (χ0) is 31.9. The van der Waals surface area contributed by atoms with Gasteiger partial charge in [0, 0.05) is 42.2 Å². The third kappa shape index (κ3) is 4.86. The summed E-state index contributed by atoms with van der Waals surface area (Å²) in [5.41, 5.74) is 10.7. The first-order chi connectivity index (χ1) is 23.8. The summed E-state index contributed by atoms with van der Waals surface area (Å²) in [6.07, 6.45) is 0. The van der Waals surface area contributed by atoms with Gasteiger partial charge in [0.15, 0.2) is 0 Å². The summed E-state index contributed by atoms with van der Waals surface area (Å²) in [5, 5.41) is 5.10. The summed E-state index contributed by atoms with van der Waals surface area (Å²) in [6, 6.07) is 68.0. The average molecular weight is 630 g/mol. The van der Waals surface area contributed by atoms with E-state index >= 15 is 0 Å². The van der Waals surface area contributed by atoms with Gasteiger partial charge < -0.3 is 4.90 Å². The normalized spacial score (nSPS) is 11.3. The molecule has 0 saturated heterocycles. The van der Waals surface area contributed by atoms with E-state index < -0.39 is 0 Å². The highest BCUT2D eigenvalue weighted by Crippen LogP contribution is 2.49. The predicted octanol–water partition coefficient (Wildman–Crippen LogP) is 13.7. The molecule has 0 aliphatic rings. The number of nitrogens with zero attached hydrogens (tertiary/aromatic N) is 1. The predicted molar refractivity (Wildman–Crippen MR) is 208 cm³/mol. The lowest BCUT2D eigenvalue weighted by Crippen LogP contribution is -2.12. The van der Waals surface area contributed by atoms with Crippen molar-refractivity contribution in [2.24, 2.45) is 0 Å². The number of anilines is 3. The third-order valence-corrected chi connectivity index (χ3v) is 10.5. The van der Waals surface area contributed by atoms with Crippen LogP contribution in [0.15, 0.2) is 188 Å². The molecular weight excluding hydrogens is 599 g/mol. The molecule has 0 fully saturated rings. The minimum absolute atomic E-state index is 1.12. The molecule has 0 atom stereocenters. The molecule has 226 valence electrons. The standard InChI is InChI=1S/C46H31NS/c1-4-15-32(16-5-1)33-27-29-36(30-28-33)47(42-25-13-12-21-37(42)34-17-6-2-7-18-34)43-31-41-45-38(35-19-8-3-9-20-35)24-14-26-44(45)48-46(41)40-23-11-10-22-39(40)43/h1-31H. The lowest BCUT2D eigenvalue weighted by atomic mass is 9.96. The van der Waals surface area contributed by atoms with E-state index in [2.05, 4.69) is 193 Å². The SMILES string of the molecule is c1ccc(-c2ccc(N(c3ccccc3-c3ccccc3)c3cc4c(sc5cccc(-c6ccccc6)c54)c4ccccc34)cc2)cc1. The number of benzene rings is 8. The summed E-state index contributed by atoms with van der Waals surface area (Å²) in [7, 11) is 0. The first-order valence-electron chi connectivity index (χ1n) is 16.4. The van der Waals surface area contributed by atoms with Gasteiger partial charge in [-0.15, -0.1) is 11.3 Å². The van der Waals surface area contributed by atoms with Crippen LogP contribution in [0.4, 0.5) is 17.1 Å². The minimum atomic E-state index is 1.12. The monoisotopic (exact) mass is 629 g/mol. The van der Waals surface area contributed by atoms with Crippen molar-refractivity contribution >= 4 is 59.3 Å². The van der Waals surface area contributed by atoms with Crippen LogP contribution in [0.25, 0.3) is 64.3 Å². The smallest absolute Gasteiger partial charge is 0.0547 e. The Morgan fingerprint density at radius 2 is 0.896 bits per heavy atom. The number of fused-ring (bicyclic) bond motifs is 5. The largest absolute Gasteiger partial charge is 0.309 e. The van der Waals surface area contributed by atoms with Crippen molar-refractivity contribution in [3.8, 4) is 33.4 Å². The van der Waals surface area contributed by atoms with E-state index in [0.717, 1.165) is 17.1 Å². The fourth-order valence-electron chi connectivity index (χ4n) is 7.04. The Hall–Kier alpha value is -5.96. The molecule has 0 saturated carbocycles. The van der Waals surface area contributed by atoms with Gasteiger partial charge in [-0.1, -0.05) is 158 Å². The molecule has 2 heteroatoms. The van der Waals surface area contributed by atoms with Gasteiger partial charge in [-0.05, 0) is 58.1 Å². The summed E-state index contributed by atoms with van der Waals surface area (Å²) in [5.74, 6) is 0. The van der Waals surface area contributed by atoms with Crippen LogP contribution in [0.1, 0.15) is 0 Å². The number of rotatable bonds is 6. The second-order valence-corrected chi connectivity index (χ2v) is 13.1. The van der Waals surface area contributed by atoms with Crippen molar-refractivity contribution in [2.45, 2.75) is 0 Å². The zero-order valence-electron chi connectivity index (χ0n) is 26.3. The van der Waals surface area contributed by atoms with Gasteiger partial charge >= 0.3 is 0 Å². The lowest BCUT2D eigenvalue weighted by molar-refractivity contribution is 1.30. The molecule has 8 aromatic carbocycles. The molecule has 48 heavy (non-hydrogen) atoms. The van der Waals surface area contributed by atoms with E-state index in [9.17, 15) is 0 Å². The Kier molecular flexibility index (Phi) is 7.07. The van der Waals surface area contributed by atoms with Gasteiger partial charge in [-0.25, -0.2) is 0 Å². The van der Waals surface area contributed by atoms with Crippen LogP contribution in [0.3, 0.4) is 0 Å². The Morgan fingerprint density at radius 3 is 1.60 bits per heavy atom. The minimum Gasteiger partial charge on any atom is -0.309 e. The molecule has 9 aromatic rings. The molecule has 0 N–H and O–H groups in total. The number of hydrogen-bond acceptors (Lipinski definition) is 2. The quantitative estimate of drug-likeness (QED) is 0.177. The van der Waals surface area contributed by atoms with Crippen LogP contribution in [-0.2, 0) is 0 Å². The van der Waals surface area contributed by atoms with Crippen LogP contribution >= 0.6 is 11.3 Å². The maximum Gasteiger partial charge on any atom is 0.0547 e. The van der Waals surface area contributed by atoms with E-state index in [4.69, 9.17) is 0 Å². The van der Waals surface area contributed by atoms with E-state index in [1.54, 1.807) is 0 Å². The van der Waals surface area contributed by atoms with Crippen LogP contribution in [0.2, 0.25) is 0 Å². The van der Waals surface area contributed by atoms with Crippen LogP contribution in [0, 0.1) is 0 Å². The van der Waals surface area contributed by atoms with Crippen molar-refractivity contribution in [1.82, 2.24) is 0 Å².